The molecule has 0 amide bonds. The molecule has 4 heterocycles. The van der Waals surface area contributed by atoms with Crippen molar-refractivity contribution < 1.29 is 35.0 Å². The molecule has 0 bridgehead atoms. The van der Waals surface area contributed by atoms with E-state index in [0.717, 1.165) is 80.1 Å². The molecule has 2 aromatic heterocycles. The van der Waals surface area contributed by atoms with Crippen molar-refractivity contribution in [2.45, 2.75) is 19.8 Å². The molecule has 0 saturated carbocycles. The second-order valence-electron chi connectivity index (χ2n) is 9.89. The van der Waals surface area contributed by atoms with Gasteiger partial charge in [-0.15, -0.1) is 52.9 Å². The minimum atomic E-state index is -0.174. The van der Waals surface area contributed by atoms with Crippen molar-refractivity contribution >= 4 is 34.2 Å². The predicted octanol–water partition coefficient (Wildman–Crippen LogP) is 5.83. The standard InChI is InChI=1S/C33H21BN2O3.Pt/c1-2-6-20-15-16-35-26(17-20)21-11-13-27-23(18-21)34-24-19-22(33-36-25-7-3-4-8-29(25)39-33)12-14-28(24)38-31-10-5-9-30(37-27)32(31)34;/h3-5,7-17H,2,6H2,1H3;/q-2;+2. The van der Waals surface area contributed by atoms with Crippen molar-refractivity contribution in [1.29, 1.82) is 0 Å². The van der Waals surface area contributed by atoms with Gasteiger partial charge in [0.1, 0.15) is 23.0 Å². The zero-order chi connectivity index (χ0) is 25.9. The van der Waals surface area contributed by atoms with Crippen LogP contribution >= 0.6 is 0 Å². The Hall–Kier alpha value is -4.15. The summed E-state index contributed by atoms with van der Waals surface area (Å²) in [6, 6.07) is 33.2. The van der Waals surface area contributed by atoms with Crippen LogP contribution in [0.4, 0.5) is 0 Å². The van der Waals surface area contributed by atoms with E-state index in [9.17, 15) is 0 Å². The number of hydrogen-bond donors (Lipinski definition) is 0. The van der Waals surface area contributed by atoms with Crippen LogP contribution < -0.4 is 25.9 Å². The van der Waals surface area contributed by atoms with Crippen molar-refractivity contribution in [2.24, 2.45) is 0 Å². The van der Waals surface area contributed by atoms with Crippen molar-refractivity contribution in [1.82, 2.24) is 9.97 Å². The fourth-order valence-corrected chi connectivity index (χ4v) is 5.58. The zero-order valence-electron chi connectivity index (χ0n) is 21.5. The number of oxazole rings is 1. The normalized spacial score (nSPS) is 12.5. The quantitative estimate of drug-likeness (QED) is 0.171. The maximum absolute atomic E-state index is 6.37. The number of para-hydroxylation sites is 2. The van der Waals surface area contributed by atoms with E-state index >= 15 is 0 Å². The first kappa shape index (κ1) is 24.9. The van der Waals surface area contributed by atoms with Crippen molar-refractivity contribution in [3.8, 4) is 45.7 Å². The van der Waals surface area contributed by atoms with Crippen molar-refractivity contribution in [3.05, 3.63) is 103 Å². The van der Waals surface area contributed by atoms with Gasteiger partial charge in [0.2, 0.25) is 6.71 Å². The number of ether oxygens (including phenoxy) is 2. The summed E-state index contributed by atoms with van der Waals surface area (Å²) in [5, 5.41) is 0. The van der Waals surface area contributed by atoms with Crippen molar-refractivity contribution in [2.75, 3.05) is 0 Å². The Balaban J connectivity index is 0.00000264. The number of benzene rings is 4. The average molecular weight is 699 g/mol. The minimum Gasteiger partial charge on any atom is -0.503 e. The summed E-state index contributed by atoms with van der Waals surface area (Å²) < 4.78 is 18.8. The number of hydrogen-bond acceptors (Lipinski definition) is 5. The maximum Gasteiger partial charge on any atom is 2.00 e. The largest absolute Gasteiger partial charge is 2.00 e. The molecule has 2 aliphatic rings. The van der Waals surface area contributed by atoms with Crippen LogP contribution in [-0.4, -0.2) is 16.7 Å². The van der Waals surface area contributed by atoms with Gasteiger partial charge in [-0.05, 0) is 42.4 Å². The van der Waals surface area contributed by atoms with Gasteiger partial charge < -0.3 is 18.9 Å². The average Bonchev–Trinajstić information content (AvgIpc) is 3.41. The number of nitrogens with zero attached hydrogens (tertiary/aromatic N) is 2. The number of aromatic nitrogens is 2. The fraction of sp³-hybridized carbons (Fsp3) is 0.0909. The monoisotopic (exact) mass is 699 g/mol. The third kappa shape index (κ3) is 3.98. The van der Waals surface area contributed by atoms with Crippen LogP contribution in [0.25, 0.3) is 33.8 Å². The molecule has 0 atom stereocenters. The Bertz CT molecular complexity index is 1870. The van der Waals surface area contributed by atoms with E-state index in [1.807, 2.05) is 72.9 Å². The van der Waals surface area contributed by atoms with Crippen LogP contribution in [0.2, 0.25) is 0 Å². The Morgan fingerprint density at radius 3 is 2.25 bits per heavy atom. The number of fused-ring (bicyclic) bond motifs is 5. The maximum atomic E-state index is 6.37. The smallest absolute Gasteiger partial charge is 0.503 e. The summed E-state index contributed by atoms with van der Waals surface area (Å²) in [5.74, 6) is 3.60. The molecule has 0 aliphatic carbocycles. The van der Waals surface area contributed by atoms with E-state index < -0.39 is 0 Å². The van der Waals surface area contributed by atoms with Crippen LogP contribution in [0, 0.1) is 12.1 Å². The number of rotatable bonds is 4. The minimum absolute atomic E-state index is 0. The molecular formula is C33H21BN2O3Pt. The Kier molecular flexibility index (Phi) is 6.09. The van der Waals surface area contributed by atoms with E-state index in [1.54, 1.807) is 0 Å². The van der Waals surface area contributed by atoms with Crippen LogP contribution in [0.15, 0.2) is 89.5 Å². The van der Waals surface area contributed by atoms with Gasteiger partial charge in [0.05, 0.1) is 5.52 Å². The van der Waals surface area contributed by atoms with Gasteiger partial charge in [0.15, 0.2) is 0 Å². The van der Waals surface area contributed by atoms with E-state index in [0.29, 0.717) is 5.89 Å². The SMILES string of the molecule is CCCc1ccnc(-c2[c-]c3c(cc2)Oc2cccc4c2B3c2[c-]c(-c3nc5ccccc5o3)ccc2O4)c1.[Pt+2]. The summed E-state index contributed by atoms with van der Waals surface area (Å²) in [7, 11) is 0. The molecule has 0 radical (unpaired) electrons. The van der Waals surface area contributed by atoms with E-state index in [1.165, 1.54) is 5.56 Å². The number of pyridine rings is 1. The summed E-state index contributed by atoms with van der Waals surface area (Å²) in [6.45, 7) is 2.01. The zero-order valence-corrected chi connectivity index (χ0v) is 23.8. The second-order valence-corrected chi connectivity index (χ2v) is 9.89. The third-order valence-electron chi connectivity index (χ3n) is 7.37. The van der Waals surface area contributed by atoms with Gasteiger partial charge in [-0.1, -0.05) is 48.7 Å². The molecule has 194 valence electrons. The van der Waals surface area contributed by atoms with Gasteiger partial charge in [-0.25, -0.2) is 0 Å². The Morgan fingerprint density at radius 1 is 0.775 bits per heavy atom. The Labute approximate surface area is 246 Å². The molecule has 0 N–H and O–H groups in total. The molecular weight excluding hydrogens is 678 g/mol. The van der Waals surface area contributed by atoms with Gasteiger partial charge >= 0.3 is 21.1 Å². The van der Waals surface area contributed by atoms with Crippen molar-refractivity contribution in [3.63, 3.8) is 0 Å². The molecule has 0 fully saturated rings. The first-order valence-electron chi connectivity index (χ1n) is 13.2. The van der Waals surface area contributed by atoms with Gasteiger partial charge in [-0.2, -0.15) is 0 Å². The fourth-order valence-electron chi connectivity index (χ4n) is 5.58. The van der Waals surface area contributed by atoms with Gasteiger partial charge in [-0.3, -0.25) is 4.98 Å². The first-order chi connectivity index (χ1) is 19.2. The molecule has 0 unspecified atom stereocenters. The molecule has 8 rings (SSSR count). The molecule has 5 nitrogen and oxygen atoms in total. The van der Waals surface area contributed by atoms with Crippen LogP contribution in [0.3, 0.4) is 0 Å². The first-order valence-corrected chi connectivity index (χ1v) is 13.2. The molecule has 0 saturated heterocycles. The van der Waals surface area contributed by atoms with E-state index in [4.69, 9.17) is 18.9 Å². The van der Waals surface area contributed by atoms with Crippen LogP contribution in [-0.2, 0) is 27.5 Å². The van der Waals surface area contributed by atoms with Gasteiger partial charge in [0.25, 0.3) is 0 Å². The van der Waals surface area contributed by atoms with E-state index in [-0.39, 0.29) is 27.8 Å². The Morgan fingerprint density at radius 2 is 1.50 bits per heavy atom. The van der Waals surface area contributed by atoms with Crippen LogP contribution in [0.1, 0.15) is 18.9 Å². The third-order valence-corrected chi connectivity index (χ3v) is 7.37. The summed E-state index contributed by atoms with van der Waals surface area (Å²) >= 11 is 0. The van der Waals surface area contributed by atoms with Gasteiger partial charge in [0, 0.05) is 23.2 Å². The molecule has 0 spiro atoms. The van der Waals surface area contributed by atoms with Crippen LogP contribution in [0.5, 0.6) is 23.0 Å². The molecule has 4 aromatic carbocycles. The molecule has 7 heteroatoms. The second kappa shape index (κ2) is 9.80. The molecule has 6 aromatic rings. The summed E-state index contributed by atoms with van der Waals surface area (Å²) in [6.07, 6.45) is 3.98. The summed E-state index contributed by atoms with van der Waals surface area (Å²) in [5.41, 5.74) is 8.25. The predicted molar refractivity (Wildman–Crippen MR) is 152 cm³/mol. The van der Waals surface area contributed by atoms with E-state index in [2.05, 4.69) is 36.2 Å². The molecule has 40 heavy (non-hydrogen) atoms. The topological polar surface area (TPSA) is 57.4 Å². The summed E-state index contributed by atoms with van der Waals surface area (Å²) in [4.78, 5) is 9.36. The molecule has 2 aliphatic heterocycles. The number of aryl methyl sites for hydroxylation is 1.